The van der Waals surface area contributed by atoms with Gasteiger partial charge in [0.05, 0.1) is 0 Å². The molecule has 2 rings (SSSR count). The minimum Gasteiger partial charge on any atom is -0.444 e. The molecule has 0 aliphatic heterocycles. The molecule has 38 heavy (non-hydrogen) atoms. The van der Waals surface area contributed by atoms with Crippen molar-refractivity contribution in [1.82, 2.24) is 10.2 Å². The van der Waals surface area contributed by atoms with E-state index in [0.717, 1.165) is 36.0 Å². The Morgan fingerprint density at radius 2 is 1.66 bits per heavy atom. The zero-order valence-corrected chi connectivity index (χ0v) is 24.3. The fraction of sp³-hybridized carbons (Fsp3) is 0.516. The molecule has 7 heteroatoms. The van der Waals surface area contributed by atoms with Gasteiger partial charge < -0.3 is 20.3 Å². The average molecular weight is 524 g/mol. The first-order valence-corrected chi connectivity index (χ1v) is 13.6. The lowest BCUT2D eigenvalue weighted by molar-refractivity contribution is -0.141. The van der Waals surface area contributed by atoms with Gasteiger partial charge in [0.15, 0.2) is 0 Å². The summed E-state index contributed by atoms with van der Waals surface area (Å²) in [6.45, 7) is 15.4. The summed E-state index contributed by atoms with van der Waals surface area (Å²) in [7, 11) is 0. The van der Waals surface area contributed by atoms with Crippen LogP contribution >= 0.6 is 0 Å². The number of rotatable bonds is 11. The van der Waals surface area contributed by atoms with Gasteiger partial charge in [-0.3, -0.25) is 9.59 Å². The van der Waals surface area contributed by atoms with E-state index >= 15 is 0 Å². The lowest BCUT2D eigenvalue weighted by atomic mass is 9.97. The molecule has 0 spiro atoms. The second-order valence-corrected chi connectivity index (χ2v) is 11.2. The number of alkyl carbamates (subject to hydrolysis) is 1. The molecule has 0 saturated carbocycles. The summed E-state index contributed by atoms with van der Waals surface area (Å²) in [5.74, 6) is -0.829. The van der Waals surface area contributed by atoms with Crippen molar-refractivity contribution in [1.29, 1.82) is 0 Å². The van der Waals surface area contributed by atoms with Crippen LogP contribution in [0.25, 0.3) is 0 Å². The first-order valence-electron chi connectivity index (χ1n) is 13.6. The lowest BCUT2D eigenvalue weighted by Gasteiger charge is -2.36. The Bertz CT molecular complexity index is 1090. The molecule has 0 aliphatic carbocycles. The highest BCUT2D eigenvalue weighted by atomic mass is 16.6. The highest BCUT2D eigenvalue weighted by Gasteiger charge is 2.37. The predicted molar refractivity (Wildman–Crippen MR) is 153 cm³/mol. The van der Waals surface area contributed by atoms with E-state index in [1.54, 1.807) is 25.7 Å². The zero-order chi connectivity index (χ0) is 28.5. The smallest absolute Gasteiger partial charge is 0.408 e. The van der Waals surface area contributed by atoms with Crippen molar-refractivity contribution in [2.45, 2.75) is 92.3 Å². The number of nitrogens with one attached hydrogen (secondary N) is 2. The van der Waals surface area contributed by atoms with E-state index in [4.69, 9.17) is 4.74 Å². The molecule has 3 amide bonds. The maximum atomic E-state index is 14.2. The lowest BCUT2D eigenvalue weighted by Crippen LogP contribution is -2.54. The standard InChI is InChI=1S/C31H45N3O4/c1-9-10-13-19-34(29(36)26(21(2)3)33-30(37)38-31(6,7)8)27(24-17-14-15-22(4)20-24)28(35)32-25-18-12-11-16-23(25)5/h11-12,14-18,20-21,26-27H,9-10,13,19H2,1-8H3,(H,32,35)(H,33,37). The molecule has 2 aromatic carbocycles. The highest BCUT2D eigenvalue weighted by Crippen LogP contribution is 2.27. The molecule has 0 heterocycles. The molecule has 2 aromatic rings. The Hall–Kier alpha value is -3.35. The number of unbranched alkanes of at least 4 members (excludes halogenated alkanes) is 2. The van der Waals surface area contributed by atoms with E-state index in [2.05, 4.69) is 17.6 Å². The molecule has 0 fully saturated rings. The van der Waals surface area contributed by atoms with Gasteiger partial charge in [-0.05, 0) is 64.2 Å². The molecular weight excluding hydrogens is 478 g/mol. The SMILES string of the molecule is CCCCCN(C(=O)C(NC(=O)OC(C)(C)C)C(C)C)C(C(=O)Nc1ccccc1C)c1cccc(C)c1. The van der Waals surface area contributed by atoms with Crippen LogP contribution in [0.4, 0.5) is 10.5 Å². The molecular formula is C31H45N3O4. The first kappa shape index (κ1) is 30.9. The number of anilines is 1. The summed E-state index contributed by atoms with van der Waals surface area (Å²) in [6, 6.07) is 13.5. The number of carbonyl (C=O) groups excluding carboxylic acids is 3. The molecule has 0 radical (unpaired) electrons. The third-order valence-corrected chi connectivity index (χ3v) is 6.21. The van der Waals surface area contributed by atoms with Crippen molar-refractivity contribution in [3.05, 3.63) is 65.2 Å². The Balaban J connectivity index is 2.53. The quantitative estimate of drug-likeness (QED) is 0.327. The summed E-state index contributed by atoms with van der Waals surface area (Å²) in [4.78, 5) is 42.4. The van der Waals surface area contributed by atoms with Crippen LogP contribution in [0, 0.1) is 19.8 Å². The molecule has 0 saturated heterocycles. The topological polar surface area (TPSA) is 87.7 Å². The van der Waals surface area contributed by atoms with E-state index in [-0.39, 0.29) is 17.7 Å². The van der Waals surface area contributed by atoms with Gasteiger partial charge in [-0.2, -0.15) is 0 Å². The van der Waals surface area contributed by atoms with Gasteiger partial charge in [0.1, 0.15) is 17.7 Å². The number of hydrogen-bond donors (Lipinski definition) is 2. The Morgan fingerprint density at radius 1 is 0.974 bits per heavy atom. The molecule has 2 unspecified atom stereocenters. The number of para-hydroxylation sites is 1. The number of carbonyl (C=O) groups is 3. The monoisotopic (exact) mass is 523 g/mol. The number of amides is 3. The van der Waals surface area contributed by atoms with E-state index in [9.17, 15) is 14.4 Å². The van der Waals surface area contributed by atoms with Crippen molar-refractivity contribution in [2.75, 3.05) is 11.9 Å². The van der Waals surface area contributed by atoms with Gasteiger partial charge in [-0.25, -0.2) is 4.79 Å². The normalized spacial score (nSPS) is 13.0. The van der Waals surface area contributed by atoms with Crippen molar-refractivity contribution in [3.63, 3.8) is 0 Å². The number of aryl methyl sites for hydroxylation is 2. The third-order valence-electron chi connectivity index (χ3n) is 6.21. The summed E-state index contributed by atoms with van der Waals surface area (Å²) in [5, 5.41) is 5.82. The number of benzene rings is 2. The second kappa shape index (κ2) is 14.0. The average Bonchev–Trinajstić information content (AvgIpc) is 2.82. The van der Waals surface area contributed by atoms with E-state index in [1.807, 2.05) is 76.2 Å². The van der Waals surface area contributed by atoms with Crippen molar-refractivity contribution in [3.8, 4) is 0 Å². The van der Waals surface area contributed by atoms with Crippen LogP contribution in [-0.2, 0) is 14.3 Å². The fourth-order valence-corrected chi connectivity index (χ4v) is 4.25. The van der Waals surface area contributed by atoms with E-state index in [0.29, 0.717) is 12.2 Å². The summed E-state index contributed by atoms with van der Waals surface area (Å²) in [5.41, 5.74) is 2.64. The molecule has 0 bridgehead atoms. The van der Waals surface area contributed by atoms with E-state index in [1.165, 1.54) is 0 Å². The van der Waals surface area contributed by atoms with Crippen LogP contribution in [0.5, 0.6) is 0 Å². The van der Waals surface area contributed by atoms with Gasteiger partial charge in [0.25, 0.3) is 5.91 Å². The molecule has 0 aliphatic rings. The van der Waals surface area contributed by atoms with Crippen LogP contribution in [0.1, 0.15) is 83.5 Å². The number of ether oxygens (including phenoxy) is 1. The molecule has 208 valence electrons. The Labute approximate surface area is 228 Å². The maximum absolute atomic E-state index is 14.2. The summed E-state index contributed by atoms with van der Waals surface area (Å²) in [6.07, 6.45) is 1.96. The van der Waals surface area contributed by atoms with Gasteiger partial charge >= 0.3 is 6.09 Å². The van der Waals surface area contributed by atoms with Gasteiger partial charge in [0, 0.05) is 12.2 Å². The van der Waals surface area contributed by atoms with Crippen LogP contribution in [0.2, 0.25) is 0 Å². The molecule has 2 N–H and O–H groups in total. The van der Waals surface area contributed by atoms with Crippen LogP contribution in [0.15, 0.2) is 48.5 Å². The molecule has 2 atom stereocenters. The first-order chi connectivity index (χ1) is 17.8. The molecule has 7 nitrogen and oxygen atoms in total. The number of hydrogen-bond acceptors (Lipinski definition) is 4. The fourth-order valence-electron chi connectivity index (χ4n) is 4.25. The Kier molecular flexibility index (Phi) is 11.4. The minimum absolute atomic E-state index is 0.221. The van der Waals surface area contributed by atoms with E-state index < -0.39 is 23.8 Å². The summed E-state index contributed by atoms with van der Waals surface area (Å²) < 4.78 is 5.45. The Morgan fingerprint density at radius 3 is 2.24 bits per heavy atom. The minimum atomic E-state index is -0.874. The van der Waals surface area contributed by atoms with Crippen LogP contribution in [0.3, 0.4) is 0 Å². The largest absolute Gasteiger partial charge is 0.444 e. The van der Waals surface area contributed by atoms with Gasteiger partial charge in [0.2, 0.25) is 5.91 Å². The summed E-state index contributed by atoms with van der Waals surface area (Å²) >= 11 is 0. The van der Waals surface area contributed by atoms with Crippen LogP contribution in [-0.4, -0.2) is 41.0 Å². The van der Waals surface area contributed by atoms with Crippen molar-refractivity contribution < 1.29 is 19.1 Å². The number of nitrogens with zero attached hydrogens (tertiary/aromatic N) is 1. The predicted octanol–water partition coefficient (Wildman–Crippen LogP) is 6.55. The maximum Gasteiger partial charge on any atom is 0.408 e. The van der Waals surface area contributed by atoms with Gasteiger partial charge in [-0.1, -0.05) is 81.6 Å². The van der Waals surface area contributed by atoms with Crippen molar-refractivity contribution >= 4 is 23.6 Å². The third kappa shape index (κ3) is 9.19. The van der Waals surface area contributed by atoms with Crippen molar-refractivity contribution in [2.24, 2.45) is 5.92 Å². The van der Waals surface area contributed by atoms with Crippen LogP contribution < -0.4 is 10.6 Å². The highest BCUT2D eigenvalue weighted by molar-refractivity contribution is 5.99. The second-order valence-electron chi connectivity index (χ2n) is 11.2. The zero-order valence-electron chi connectivity index (χ0n) is 24.3. The van der Waals surface area contributed by atoms with Gasteiger partial charge in [-0.15, -0.1) is 0 Å². The molecule has 0 aromatic heterocycles.